The average molecular weight is 433 g/mol. The van der Waals surface area contributed by atoms with Crippen molar-refractivity contribution in [1.29, 1.82) is 0 Å². The number of rotatable bonds is 10. The first-order valence-electron chi connectivity index (χ1n) is 9.13. The van der Waals surface area contributed by atoms with Crippen molar-refractivity contribution in [1.82, 2.24) is 15.4 Å². The molecule has 8 nitrogen and oxygen atoms in total. The summed E-state index contributed by atoms with van der Waals surface area (Å²) in [7, 11) is -4.81. The van der Waals surface area contributed by atoms with Crippen LogP contribution in [-0.2, 0) is 32.2 Å². The normalized spacial score (nSPS) is 14.1. The zero-order chi connectivity index (χ0) is 21.4. The molecule has 0 aliphatic heterocycles. The number of guanidine groups is 1. The summed E-state index contributed by atoms with van der Waals surface area (Å²) in [5.74, 6) is 0.528. The van der Waals surface area contributed by atoms with E-state index >= 15 is 0 Å². The molecule has 0 aliphatic carbocycles. The smallest absolute Gasteiger partial charge is 0.216 e. The van der Waals surface area contributed by atoms with Gasteiger partial charge in [-0.05, 0) is 38.3 Å². The zero-order valence-corrected chi connectivity index (χ0v) is 18.8. The highest BCUT2D eigenvalue weighted by Crippen LogP contribution is 2.12. The Morgan fingerprint density at radius 1 is 1.07 bits per heavy atom. The Labute approximate surface area is 169 Å². The minimum absolute atomic E-state index is 0.0770. The highest BCUT2D eigenvalue weighted by molar-refractivity contribution is 7.90. The minimum Gasteiger partial charge on any atom is -0.354 e. The van der Waals surface area contributed by atoms with Crippen LogP contribution >= 0.6 is 0 Å². The third kappa shape index (κ3) is 10.0. The fourth-order valence-electron chi connectivity index (χ4n) is 2.55. The summed E-state index contributed by atoms with van der Waals surface area (Å²) in [5, 5.41) is 6.30. The van der Waals surface area contributed by atoms with Crippen molar-refractivity contribution < 1.29 is 16.8 Å². The lowest BCUT2D eigenvalue weighted by Crippen LogP contribution is -2.42. The van der Waals surface area contributed by atoms with Gasteiger partial charge in [0.15, 0.2) is 5.96 Å². The van der Waals surface area contributed by atoms with Crippen LogP contribution in [0.3, 0.4) is 0 Å². The van der Waals surface area contributed by atoms with Crippen LogP contribution in [0.5, 0.6) is 0 Å². The lowest BCUT2D eigenvalue weighted by molar-refractivity contribution is 0.568. The van der Waals surface area contributed by atoms with E-state index in [1.165, 1.54) is 6.26 Å². The predicted octanol–water partition coefficient (Wildman–Crippen LogP) is 1.00. The molecule has 0 amide bonds. The van der Waals surface area contributed by atoms with E-state index in [2.05, 4.69) is 20.3 Å². The summed E-state index contributed by atoms with van der Waals surface area (Å²) in [4.78, 5) is 4.15. The number of aliphatic imine (C=N–C) groups is 1. The van der Waals surface area contributed by atoms with Crippen LogP contribution in [0.2, 0.25) is 0 Å². The van der Waals surface area contributed by atoms with Gasteiger partial charge in [0.05, 0.1) is 11.5 Å². The standard InChI is InChI=1S/C18H32N4O4S2/c1-14(2)22-28(25,26)13-17-9-7-6-8-16(17)12-20-18(19-4)21-15(3)10-11-27(5,23)24/h6-9,14-15,22H,10-13H2,1-5H3,(H2,19,20,21). The van der Waals surface area contributed by atoms with E-state index in [0.717, 1.165) is 5.56 Å². The van der Waals surface area contributed by atoms with Crippen molar-refractivity contribution in [3.63, 3.8) is 0 Å². The number of hydrogen-bond acceptors (Lipinski definition) is 5. The second kappa shape index (κ2) is 10.8. The first-order valence-corrected chi connectivity index (χ1v) is 12.8. The maximum Gasteiger partial charge on any atom is 0.216 e. The van der Waals surface area contributed by atoms with Crippen LogP contribution in [0.1, 0.15) is 38.3 Å². The fraction of sp³-hybridized carbons (Fsp3) is 0.611. The minimum atomic E-state index is -3.42. The van der Waals surface area contributed by atoms with E-state index in [1.807, 2.05) is 25.1 Å². The lowest BCUT2D eigenvalue weighted by Gasteiger charge is -2.18. The number of hydrogen-bond donors (Lipinski definition) is 3. The van der Waals surface area contributed by atoms with Gasteiger partial charge in [-0.25, -0.2) is 21.6 Å². The van der Waals surface area contributed by atoms with Crippen molar-refractivity contribution in [3.8, 4) is 0 Å². The van der Waals surface area contributed by atoms with Gasteiger partial charge < -0.3 is 10.6 Å². The third-order valence-corrected chi connectivity index (χ3v) is 6.35. The van der Waals surface area contributed by atoms with Crippen molar-refractivity contribution >= 4 is 25.8 Å². The molecule has 0 saturated heterocycles. The Hall–Kier alpha value is -1.65. The quantitative estimate of drug-likeness (QED) is 0.375. The molecular weight excluding hydrogens is 400 g/mol. The number of sulfone groups is 1. The largest absolute Gasteiger partial charge is 0.354 e. The highest BCUT2D eigenvalue weighted by Gasteiger charge is 2.16. The summed E-state index contributed by atoms with van der Waals surface area (Å²) in [6.07, 6.45) is 1.68. The van der Waals surface area contributed by atoms with E-state index in [0.29, 0.717) is 24.5 Å². The first kappa shape index (κ1) is 24.4. The van der Waals surface area contributed by atoms with Gasteiger partial charge in [-0.15, -0.1) is 0 Å². The summed E-state index contributed by atoms with van der Waals surface area (Å²) in [6.45, 7) is 5.85. The Balaban J connectivity index is 2.73. The van der Waals surface area contributed by atoms with Gasteiger partial charge in [0, 0.05) is 31.9 Å². The van der Waals surface area contributed by atoms with Crippen molar-refractivity contribution in [2.24, 2.45) is 4.99 Å². The van der Waals surface area contributed by atoms with Gasteiger partial charge in [-0.3, -0.25) is 4.99 Å². The zero-order valence-electron chi connectivity index (χ0n) is 17.2. The second-order valence-corrected chi connectivity index (χ2v) is 11.2. The van der Waals surface area contributed by atoms with Crippen LogP contribution in [0.15, 0.2) is 29.3 Å². The van der Waals surface area contributed by atoms with Crippen LogP contribution in [-0.4, -0.2) is 53.9 Å². The summed E-state index contributed by atoms with van der Waals surface area (Å²) in [5.41, 5.74) is 1.56. The predicted molar refractivity (Wildman–Crippen MR) is 114 cm³/mol. The van der Waals surface area contributed by atoms with Crippen LogP contribution in [0, 0.1) is 0 Å². The Morgan fingerprint density at radius 3 is 2.21 bits per heavy atom. The number of nitrogens with zero attached hydrogens (tertiary/aromatic N) is 1. The van der Waals surface area contributed by atoms with Crippen LogP contribution in [0.4, 0.5) is 0 Å². The van der Waals surface area contributed by atoms with Gasteiger partial charge in [-0.1, -0.05) is 24.3 Å². The van der Waals surface area contributed by atoms with Gasteiger partial charge >= 0.3 is 0 Å². The molecule has 3 N–H and O–H groups in total. The molecular formula is C18H32N4O4S2. The third-order valence-electron chi connectivity index (χ3n) is 3.85. The topological polar surface area (TPSA) is 117 Å². The van der Waals surface area contributed by atoms with E-state index < -0.39 is 19.9 Å². The molecule has 1 unspecified atom stereocenters. The van der Waals surface area contributed by atoms with Crippen molar-refractivity contribution in [2.45, 2.75) is 51.6 Å². The highest BCUT2D eigenvalue weighted by atomic mass is 32.2. The summed E-state index contributed by atoms with van der Waals surface area (Å²) >= 11 is 0. The Kier molecular flexibility index (Phi) is 9.38. The monoisotopic (exact) mass is 432 g/mol. The maximum atomic E-state index is 12.2. The second-order valence-electron chi connectivity index (χ2n) is 7.19. The molecule has 0 spiro atoms. The van der Waals surface area contributed by atoms with Gasteiger partial charge in [0.25, 0.3) is 0 Å². The molecule has 1 aromatic carbocycles. The van der Waals surface area contributed by atoms with Gasteiger partial charge in [0.1, 0.15) is 9.84 Å². The van der Waals surface area contributed by atoms with E-state index in [1.54, 1.807) is 27.0 Å². The Morgan fingerprint density at radius 2 is 1.68 bits per heavy atom. The number of sulfonamides is 1. The molecule has 1 atom stereocenters. The van der Waals surface area contributed by atoms with Gasteiger partial charge in [0.2, 0.25) is 10.0 Å². The van der Waals surface area contributed by atoms with E-state index in [-0.39, 0.29) is 23.6 Å². The molecule has 0 heterocycles. The fourth-order valence-corrected chi connectivity index (χ4v) is 4.82. The molecule has 0 fully saturated rings. The summed E-state index contributed by atoms with van der Waals surface area (Å²) < 4.78 is 49.7. The molecule has 28 heavy (non-hydrogen) atoms. The van der Waals surface area contributed by atoms with E-state index in [4.69, 9.17) is 0 Å². The first-order chi connectivity index (χ1) is 12.9. The molecule has 160 valence electrons. The van der Waals surface area contributed by atoms with Crippen LogP contribution in [0.25, 0.3) is 0 Å². The van der Waals surface area contributed by atoms with Crippen molar-refractivity contribution in [2.75, 3.05) is 19.1 Å². The van der Waals surface area contributed by atoms with E-state index in [9.17, 15) is 16.8 Å². The maximum absolute atomic E-state index is 12.2. The van der Waals surface area contributed by atoms with Gasteiger partial charge in [-0.2, -0.15) is 0 Å². The summed E-state index contributed by atoms with van der Waals surface area (Å²) in [6, 6.07) is 7.09. The molecule has 1 aromatic rings. The SMILES string of the molecule is CN=C(NCc1ccccc1CS(=O)(=O)NC(C)C)NC(C)CCS(C)(=O)=O. The molecule has 0 radical (unpaired) electrons. The Bertz CT molecular complexity index is 865. The molecule has 0 aromatic heterocycles. The van der Waals surface area contributed by atoms with Crippen molar-refractivity contribution in [3.05, 3.63) is 35.4 Å². The molecule has 1 rings (SSSR count). The molecule has 0 bridgehead atoms. The number of benzene rings is 1. The average Bonchev–Trinajstić information content (AvgIpc) is 2.55. The number of nitrogens with one attached hydrogen (secondary N) is 3. The molecule has 10 heteroatoms. The molecule has 0 aliphatic rings. The van der Waals surface area contributed by atoms with Crippen LogP contribution < -0.4 is 15.4 Å². The lowest BCUT2D eigenvalue weighted by atomic mass is 10.1. The molecule has 0 saturated carbocycles.